The third kappa shape index (κ3) is 5.63. The maximum atomic E-state index is 4.46. The summed E-state index contributed by atoms with van der Waals surface area (Å²) in [4.78, 5) is 8.04. The summed E-state index contributed by atoms with van der Waals surface area (Å²) >= 11 is 0. The topological polar surface area (TPSA) is 9.72 Å². The molecule has 0 radical (unpaired) electrons. The van der Waals surface area contributed by atoms with Crippen LogP contribution in [0.5, 0.6) is 0 Å². The lowest BCUT2D eigenvalue weighted by Gasteiger charge is -2.52. The van der Waals surface area contributed by atoms with Crippen LogP contribution in [-0.4, -0.2) is 54.6 Å². The van der Waals surface area contributed by atoms with Crippen LogP contribution in [0.1, 0.15) is 51.0 Å². The van der Waals surface area contributed by atoms with Gasteiger partial charge in [-0.2, -0.15) is 0 Å². The molecule has 1 saturated heterocycles. The van der Waals surface area contributed by atoms with Gasteiger partial charge in [-0.1, -0.05) is 81.3 Å². The number of piperazine rings is 1. The van der Waals surface area contributed by atoms with E-state index in [1.165, 1.54) is 81.8 Å². The van der Waals surface area contributed by atoms with Gasteiger partial charge in [-0.15, -0.1) is 0 Å². The van der Waals surface area contributed by atoms with Crippen LogP contribution in [0.4, 0.5) is 5.69 Å². The Bertz CT molecular complexity index is 818. The largest absolute Gasteiger partial charge is 0.344 e. The second-order valence-corrected chi connectivity index (χ2v) is 9.69. The van der Waals surface area contributed by atoms with E-state index in [4.69, 9.17) is 0 Å². The van der Waals surface area contributed by atoms with E-state index < -0.39 is 0 Å². The first-order chi connectivity index (χ1) is 15.7. The molecule has 3 heteroatoms. The molecule has 1 heterocycles. The van der Waals surface area contributed by atoms with Gasteiger partial charge in [0, 0.05) is 56.2 Å². The summed E-state index contributed by atoms with van der Waals surface area (Å²) < 4.78 is 0. The van der Waals surface area contributed by atoms with Gasteiger partial charge in [-0.05, 0) is 43.4 Å². The fourth-order valence-electron chi connectivity index (χ4n) is 5.64. The average molecular weight is 432 g/mol. The average Bonchev–Trinajstić information content (AvgIpc) is 2.87. The van der Waals surface area contributed by atoms with Crippen molar-refractivity contribution in [2.24, 2.45) is 0 Å². The highest BCUT2D eigenvalue weighted by Crippen LogP contribution is 2.37. The van der Waals surface area contributed by atoms with Crippen molar-refractivity contribution in [1.82, 2.24) is 9.80 Å². The van der Waals surface area contributed by atoms with Crippen LogP contribution in [0.2, 0.25) is 0 Å². The minimum absolute atomic E-state index is 0.276. The molecule has 0 unspecified atom stereocenters. The smallest absolute Gasteiger partial charge is 0.0412 e. The van der Waals surface area contributed by atoms with Crippen LogP contribution in [-0.2, 0) is 6.42 Å². The van der Waals surface area contributed by atoms with E-state index in [0.29, 0.717) is 0 Å². The van der Waals surface area contributed by atoms with Gasteiger partial charge in [0.1, 0.15) is 0 Å². The molecule has 0 amide bonds. The van der Waals surface area contributed by atoms with Gasteiger partial charge in [0.25, 0.3) is 0 Å². The molecule has 2 fully saturated rings. The monoisotopic (exact) mass is 431 g/mol. The highest BCUT2D eigenvalue weighted by atomic mass is 15.3. The van der Waals surface area contributed by atoms with E-state index >= 15 is 0 Å². The van der Waals surface area contributed by atoms with E-state index in [-0.39, 0.29) is 5.54 Å². The first-order valence-electron chi connectivity index (χ1n) is 12.7. The Kier molecular flexibility index (Phi) is 8.05. The third-order valence-electron chi connectivity index (χ3n) is 7.70. The summed E-state index contributed by atoms with van der Waals surface area (Å²) in [6, 6.07) is 21.9. The van der Waals surface area contributed by atoms with Crippen LogP contribution in [0.3, 0.4) is 0 Å². The lowest BCUT2D eigenvalue weighted by molar-refractivity contribution is 0.0128. The van der Waals surface area contributed by atoms with Crippen molar-refractivity contribution in [3.8, 4) is 0 Å². The molecule has 2 aromatic carbocycles. The predicted molar refractivity (Wildman–Crippen MR) is 137 cm³/mol. The molecule has 4 rings (SSSR count). The van der Waals surface area contributed by atoms with Gasteiger partial charge in [0.05, 0.1) is 0 Å². The molecule has 172 valence electrons. The van der Waals surface area contributed by atoms with Crippen molar-refractivity contribution >= 4 is 5.69 Å². The molecule has 2 aliphatic rings. The molecule has 2 aromatic rings. The first-order valence-corrected chi connectivity index (χ1v) is 12.7. The highest BCUT2D eigenvalue weighted by Gasteiger charge is 2.41. The molecule has 1 aliphatic carbocycles. The molecule has 1 saturated carbocycles. The number of para-hydroxylation sites is 1. The molecule has 0 atom stereocenters. The number of benzene rings is 2. The maximum absolute atomic E-state index is 4.46. The first kappa shape index (κ1) is 23.1. The van der Waals surface area contributed by atoms with E-state index in [0.717, 1.165) is 19.4 Å². The standard InChI is InChI=1S/C29H41N3/c1-3-26(2)32(28-15-9-5-10-16-28)25-29(18-11-6-12-19-29)31-23-21-30(22-24-31)20-17-27-13-7-4-8-14-27/h4-5,7-10,13-16H,2-3,6,11-12,17-25H2,1H3. The molecule has 0 bridgehead atoms. The second kappa shape index (κ2) is 11.2. The van der Waals surface area contributed by atoms with Crippen LogP contribution in [0, 0.1) is 0 Å². The Morgan fingerprint density at radius 3 is 2.12 bits per heavy atom. The third-order valence-corrected chi connectivity index (χ3v) is 7.70. The molecule has 0 aromatic heterocycles. The summed E-state index contributed by atoms with van der Waals surface area (Å²) in [5.41, 5.74) is 4.27. The van der Waals surface area contributed by atoms with E-state index in [1.807, 2.05) is 0 Å². The van der Waals surface area contributed by atoms with Crippen LogP contribution >= 0.6 is 0 Å². The number of nitrogens with zero attached hydrogens (tertiary/aromatic N) is 3. The minimum Gasteiger partial charge on any atom is -0.344 e. The molecule has 0 spiro atoms. The Hall–Kier alpha value is -2.10. The number of anilines is 1. The van der Waals surface area contributed by atoms with Gasteiger partial charge >= 0.3 is 0 Å². The van der Waals surface area contributed by atoms with Gasteiger partial charge < -0.3 is 9.80 Å². The molecular formula is C29H41N3. The van der Waals surface area contributed by atoms with Crippen LogP contribution in [0.15, 0.2) is 72.9 Å². The van der Waals surface area contributed by atoms with Crippen molar-refractivity contribution in [1.29, 1.82) is 0 Å². The number of allylic oxidation sites excluding steroid dienone is 1. The second-order valence-electron chi connectivity index (χ2n) is 9.69. The van der Waals surface area contributed by atoms with Crippen molar-refractivity contribution in [2.75, 3.05) is 44.2 Å². The maximum Gasteiger partial charge on any atom is 0.0412 e. The van der Waals surface area contributed by atoms with Crippen molar-refractivity contribution in [2.45, 2.75) is 57.4 Å². The number of rotatable bonds is 9. The lowest BCUT2D eigenvalue weighted by Crippen LogP contribution is -2.62. The zero-order valence-corrected chi connectivity index (χ0v) is 20.0. The zero-order chi connectivity index (χ0) is 22.2. The van der Waals surface area contributed by atoms with E-state index in [9.17, 15) is 0 Å². The molecule has 3 nitrogen and oxygen atoms in total. The molecule has 32 heavy (non-hydrogen) atoms. The molecule has 0 N–H and O–H groups in total. The fraction of sp³-hybridized carbons (Fsp3) is 0.517. The summed E-state index contributed by atoms with van der Waals surface area (Å²) in [6.07, 6.45) is 8.89. The highest BCUT2D eigenvalue weighted by molar-refractivity contribution is 5.52. The summed E-state index contributed by atoms with van der Waals surface area (Å²) in [5.74, 6) is 0. The Labute approximate surface area is 195 Å². The Morgan fingerprint density at radius 2 is 1.50 bits per heavy atom. The minimum atomic E-state index is 0.276. The summed E-state index contributed by atoms with van der Waals surface area (Å²) in [5, 5.41) is 0. The SMILES string of the molecule is C=C(CC)N(CC1(N2CCN(CCc3ccccc3)CC2)CCCCC1)c1ccccc1. The Balaban J connectivity index is 1.43. The van der Waals surface area contributed by atoms with Gasteiger partial charge in [0.2, 0.25) is 0 Å². The van der Waals surface area contributed by atoms with E-state index in [1.54, 1.807) is 0 Å². The summed E-state index contributed by atoms with van der Waals surface area (Å²) in [6.45, 7) is 13.7. The number of hydrogen-bond acceptors (Lipinski definition) is 3. The van der Waals surface area contributed by atoms with Crippen LogP contribution < -0.4 is 4.90 Å². The normalized spacial score (nSPS) is 19.5. The molecular weight excluding hydrogens is 390 g/mol. The lowest BCUT2D eigenvalue weighted by atomic mass is 9.79. The molecule has 1 aliphatic heterocycles. The van der Waals surface area contributed by atoms with Crippen molar-refractivity contribution in [3.63, 3.8) is 0 Å². The van der Waals surface area contributed by atoms with E-state index in [2.05, 4.69) is 88.9 Å². The van der Waals surface area contributed by atoms with Crippen molar-refractivity contribution in [3.05, 3.63) is 78.5 Å². The zero-order valence-electron chi connectivity index (χ0n) is 20.0. The number of hydrogen-bond donors (Lipinski definition) is 0. The quantitative estimate of drug-likeness (QED) is 0.483. The van der Waals surface area contributed by atoms with Gasteiger partial charge in [-0.25, -0.2) is 0 Å². The predicted octanol–water partition coefficient (Wildman–Crippen LogP) is 5.98. The van der Waals surface area contributed by atoms with Gasteiger partial charge in [0.15, 0.2) is 0 Å². The van der Waals surface area contributed by atoms with Crippen LogP contribution in [0.25, 0.3) is 0 Å². The summed E-state index contributed by atoms with van der Waals surface area (Å²) in [7, 11) is 0. The fourth-order valence-corrected chi connectivity index (χ4v) is 5.64. The Morgan fingerprint density at radius 1 is 0.875 bits per heavy atom. The van der Waals surface area contributed by atoms with Crippen molar-refractivity contribution < 1.29 is 0 Å². The van der Waals surface area contributed by atoms with Gasteiger partial charge in [-0.3, -0.25) is 4.90 Å².